The average Bonchev–Trinajstić information content (AvgIpc) is 3.68. The number of likely N-dealkylation sites (tertiary alicyclic amines) is 1. The van der Waals surface area contributed by atoms with Crippen LogP contribution in [0.1, 0.15) is 29.7 Å². The Kier molecular flexibility index (Phi) is 6.81. The molecule has 3 heterocycles. The number of hydrogen-bond donors (Lipinski definition) is 1. The quantitative estimate of drug-likeness (QED) is 0.348. The number of quaternary nitrogens is 1. The van der Waals surface area contributed by atoms with E-state index in [9.17, 15) is 28.0 Å². The molecule has 43 heavy (non-hydrogen) atoms. The molecule has 0 spiro atoms. The first-order chi connectivity index (χ1) is 20.4. The third-order valence-electron chi connectivity index (χ3n) is 8.67. The van der Waals surface area contributed by atoms with Gasteiger partial charge in [0.2, 0.25) is 0 Å². The summed E-state index contributed by atoms with van der Waals surface area (Å²) in [5, 5.41) is 16.7. The van der Waals surface area contributed by atoms with Crippen LogP contribution in [0.5, 0.6) is 0 Å². The second-order valence-corrected chi connectivity index (χ2v) is 12.2. The Hall–Kier alpha value is -4.63. The molecule has 2 aromatic heterocycles. The van der Waals surface area contributed by atoms with Crippen LogP contribution in [-0.2, 0) is 6.18 Å². The minimum absolute atomic E-state index is 0.00929. The van der Waals surface area contributed by atoms with E-state index in [4.69, 9.17) is 0 Å². The van der Waals surface area contributed by atoms with Crippen LogP contribution in [0.4, 0.5) is 18.0 Å². The molecule has 1 aliphatic carbocycles. The minimum atomic E-state index is -4.61. The molecule has 222 valence electrons. The van der Waals surface area contributed by atoms with Crippen LogP contribution < -0.4 is 11.0 Å². The number of hydrogen-bond acceptors (Lipinski definition) is 4. The number of alkyl halides is 3. The third kappa shape index (κ3) is 5.14. The minimum Gasteiger partial charge on any atom is -0.335 e. The van der Waals surface area contributed by atoms with Crippen LogP contribution >= 0.6 is 0 Å². The van der Waals surface area contributed by atoms with Crippen LogP contribution in [0.2, 0.25) is 0 Å². The number of amides is 1. The Labute approximate surface area is 246 Å². The van der Waals surface area contributed by atoms with Gasteiger partial charge in [-0.15, -0.1) is 0 Å². The summed E-state index contributed by atoms with van der Waals surface area (Å²) in [6.07, 6.45) is -1.49. The van der Waals surface area contributed by atoms with Crippen LogP contribution in [0.15, 0.2) is 65.6 Å². The summed E-state index contributed by atoms with van der Waals surface area (Å²) in [5.41, 5.74) is 0.199. The van der Waals surface area contributed by atoms with E-state index in [0.29, 0.717) is 28.8 Å². The van der Waals surface area contributed by atoms with Crippen LogP contribution in [-0.4, -0.2) is 62.7 Å². The van der Waals surface area contributed by atoms with Crippen molar-refractivity contribution in [2.24, 2.45) is 11.8 Å². The molecular formula is C31H31F3N7O2+. The number of aromatic nitrogens is 4. The molecule has 2 fully saturated rings. The van der Waals surface area contributed by atoms with Gasteiger partial charge in [0.05, 0.1) is 73.3 Å². The van der Waals surface area contributed by atoms with Crippen molar-refractivity contribution in [2.75, 3.05) is 27.2 Å². The van der Waals surface area contributed by atoms with Gasteiger partial charge in [-0.1, -0.05) is 6.07 Å². The van der Waals surface area contributed by atoms with Crippen molar-refractivity contribution < 1.29 is 22.4 Å². The molecular weight excluding hydrogens is 559 g/mol. The number of carbonyl (C=O) groups excluding carboxylic acids is 1. The summed E-state index contributed by atoms with van der Waals surface area (Å²) in [4.78, 5) is 27.9. The van der Waals surface area contributed by atoms with Crippen molar-refractivity contribution in [3.8, 4) is 28.8 Å². The van der Waals surface area contributed by atoms with Crippen molar-refractivity contribution in [3.05, 3.63) is 88.1 Å². The van der Waals surface area contributed by atoms with Gasteiger partial charge >= 0.3 is 17.9 Å². The number of nitrogens with zero attached hydrogens (tertiary/aromatic N) is 6. The smallest absolute Gasteiger partial charge is 0.335 e. The molecule has 9 nitrogen and oxygen atoms in total. The van der Waals surface area contributed by atoms with Gasteiger partial charge < -0.3 is 9.80 Å². The number of fused-ring (bicyclic) bond motifs is 1. The zero-order valence-electron chi connectivity index (χ0n) is 24.0. The Morgan fingerprint density at radius 1 is 1.05 bits per heavy atom. The topological polar surface area (TPSA) is 97.6 Å². The van der Waals surface area contributed by atoms with Crippen LogP contribution in [0, 0.1) is 30.1 Å². The molecule has 2 atom stereocenters. The van der Waals surface area contributed by atoms with Crippen molar-refractivity contribution >= 4 is 6.03 Å². The lowest BCUT2D eigenvalue weighted by Gasteiger charge is -2.25. The molecule has 0 unspecified atom stereocenters. The molecule has 1 aliphatic heterocycles. The van der Waals surface area contributed by atoms with Gasteiger partial charge in [-0.2, -0.15) is 23.5 Å². The highest BCUT2D eigenvalue weighted by Crippen LogP contribution is 2.40. The number of carbonyl (C=O) groups is 1. The second-order valence-electron chi connectivity index (χ2n) is 12.2. The predicted molar refractivity (Wildman–Crippen MR) is 153 cm³/mol. The number of imidazole rings is 1. The van der Waals surface area contributed by atoms with Crippen molar-refractivity contribution in [3.63, 3.8) is 0 Å². The molecule has 0 radical (unpaired) electrons. The molecule has 1 saturated heterocycles. The number of nitrogens with one attached hydrogen (secondary N) is 1. The van der Waals surface area contributed by atoms with Crippen molar-refractivity contribution in [1.82, 2.24) is 24.2 Å². The second kappa shape index (κ2) is 10.3. The summed E-state index contributed by atoms with van der Waals surface area (Å²) >= 11 is 0. The van der Waals surface area contributed by atoms with Crippen LogP contribution in [0.3, 0.4) is 0 Å². The zero-order valence-corrected chi connectivity index (χ0v) is 24.0. The van der Waals surface area contributed by atoms with Gasteiger partial charge in [0.1, 0.15) is 5.69 Å². The highest BCUT2D eigenvalue weighted by atomic mass is 19.4. The summed E-state index contributed by atoms with van der Waals surface area (Å²) < 4.78 is 45.4. The average molecular weight is 591 g/mol. The van der Waals surface area contributed by atoms with Gasteiger partial charge in [0.15, 0.2) is 0 Å². The van der Waals surface area contributed by atoms with E-state index in [-0.39, 0.29) is 23.1 Å². The molecule has 6 rings (SSSR count). The van der Waals surface area contributed by atoms with E-state index in [0.717, 1.165) is 51.7 Å². The normalized spacial score (nSPS) is 19.7. The lowest BCUT2D eigenvalue weighted by atomic mass is 10.0. The Bertz CT molecular complexity index is 1790. The Morgan fingerprint density at radius 3 is 2.35 bits per heavy atom. The van der Waals surface area contributed by atoms with Gasteiger partial charge in [-0.05, 0) is 68.3 Å². The zero-order chi connectivity index (χ0) is 30.7. The molecule has 1 saturated carbocycles. The third-order valence-corrected chi connectivity index (χ3v) is 8.67. The van der Waals surface area contributed by atoms with E-state index in [2.05, 4.69) is 30.6 Å². The summed E-state index contributed by atoms with van der Waals surface area (Å²) in [7, 11) is 4.40. The van der Waals surface area contributed by atoms with E-state index in [1.54, 1.807) is 37.3 Å². The highest BCUT2D eigenvalue weighted by molar-refractivity contribution is 5.83. The summed E-state index contributed by atoms with van der Waals surface area (Å²) in [5.74, 6) is 0.955. The predicted octanol–water partition coefficient (Wildman–Crippen LogP) is 4.73. The fraction of sp³-hybridized carbons (Fsp3) is 0.355. The van der Waals surface area contributed by atoms with Crippen molar-refractivity contribution in [1.29, 1.82) is 5.26 Å². The van der Waals surface area contributed by atoms with E-state index < -0.39 is 23.5 Å². The Morgan fingerprint density at radius 2 is 1.72 bits per heavy atom. The summed E-state index contributed by atoms with van der Waals surface area (Å²) in [6.45, 7) is 3.64. The maximum atomic E-state index is 14.0. The van der Waals surface area contributed by atoms with Gasteiger partial charge in [0.25, 0.3) is 0 Å². The fourth-order valence-electron chi connectivity index (χ4n) is 6.95. The lowest BCUT2D eigenvalue weighted by Crippen LogP contribution is -2.43. The maximum Gasteiger partial charge on any atom is 0.416 e. The first kappa shape index (κ1) is 28.5. The first-order valence-electron chi connectivity index (χ1n) is 14.1. The molecule has 1 amide bonds. The van der Waals surface area contributed by atoms with Gasteiger partial charge in [-0.25, -0.2) is 18.8 Å². The standard InChI is InChI=1S/C31H30F3N7O2/c1-19-28(27-11-12-36-40(27)25-9-7-20(16-35)8-10-25)39(29(42)37-24-13-21-17-41(2,3)18-22(21)14-24)30(43)38(19)26-6-4-5-23(15-26)31(32,33)34/h4-12,15,21-22,24H,13-14,17-18H2,1-3H3/p+1/t21-,22-/m1/s1. The summed E-state index contributed by atoms with van der Waals surface area (Å²) in [6, 6.07) is 14.0. The van der Waals surface area contributed by atoms with Gasteiger partial charge in [-0.3, -0.25) is 4.57 Å². The highest BCUT2D eigenvalue weighted by Gasteiger charge is 2.47. The van der Waals surface area contributed by atoms with Crippen LogP contribution in [0.25, 0.3) is 22.8 Å². The molecule has 1 N–H and O–H groups in total. The molecule has 12 heteroatoms. The molecule has 4 aromatic rings. The van der Waals surface area contributed by atoms with E-state index >= 15 is 0 Å². The lowest BCUT2D eigenvalue weighted by molar-refractivity contribution is -0.881. The first-order valence-corrected chi connectivity index (χ1v) is 14.1. The fourth-order valence-corrected chi connectivity index (χ4v) is 6.95. The van der Waals surface area contributed by atoms with E-state index in [1.807, 2.05) is 0 Å². The largest absolute Gasteiger partial charge is 0.416 e. The number of halogens is 3. The molecule has 0 bridgehead atoms. The number of rotatable bonds is 4. The van der Waals surface area contributed by atoms with Gasteiger partial charge in [0, 0.05) is 17.9 Å². The maximum absolute atomic E-state index is 14.0. The number of nitriles is 1. The molecule has 2 aliphatic rings. The monoisotopic (exact) mass is 590 g/mol. The van der Waals surface area contributed by atoms with E-state index in [1.165, 1.54) is 23.0 Å². The van der Waals surface area contributed by atoms with Crippen molar-refractivity contribution in [2.45, 2.75) is 32.0 Å². The Balaban J connectivity index is 1.45. The molecule has 2 aromatic carbocycles. The number of benzene rings is 2. The SMILES string of the molecule is Cc1c(-c2ccnn2-c2ccc(C#N)cc2)n(C(=O)NC2C[C@@H]3C[N+](C)(C)C[C@H]3C2)c(=O)n1-c1cccc(C(F)(F)F)c1.